The van der Waals surface area contributed by atoms with Crippen LogP contribution in [0.25, 0.3) is 0 Å². The number of unbranched alkanes of at least 4 members (excludes halogenated alkanes) is 10. The number of esters is 1. The Morgan fingerprint density at radius 2 is 0.983 bits per heavy atom. The Balaban J connectivity index is 2.50. The molecule has 1 saturated carbocycles. The van der Waals surface area contributed by atoms with Crippen LogP contribution in [0.4, 0.5) is 0 Å². The molecule has 1 aliphatic carbocycles. The number of phosphoric acid groups is 1. The van der Waals surface area contributed by atoms with Crippen LogP contribution < -0.4 is 0 Å². The predicted molar refractivity (Wildman–Crippen MR) is 239 cm³/mol. The van der Waals surface area contributed by atoms with Crippen molar-refractivity contribution in [3.8, 4) is 0 Å². The van der Waals surface area contributed by atoms with Crippen LogP contribution in [0.3, 0.4) is 0 Å². The molecule has 0 bridgehead atoms. The summed E-state index contributed by atoms with van der Waals surface area (Å²) in [6.45, 7) is 3.96. The van der Waals surface area contributed by atoms with Crippen molar-refractivity contribution in [1.82, 2.24) is 0 Å². The molecule has 4 unspecified atom stereocenters. The van der Waals surface area contributed by atoms with E-state index in [1.54, 1.807) is 0 Å². The molecule has 0 aromatic carbocycles. The Morgan fingerprint density at radius 1 is 0.550 bits per heavy atom. The largest absolute Gasteiger partial charge is 0.472 e. The van der Waals surface area contributed by atoms with Crippen molar-refractivity contribution < 1.29 is 58.3 Å². The fourth-order valence-electron chi connectivity index (χ4n) is 6.21. The molecule has 0 aromatic rings. The molecule has 13 heteroatoms. The molecular formula is C47H79O12P. The average Bonchev–Trinajstić information content (AvgIpc) is 3.23. The summed E-state index contributed by atoms with van der Waals surface area (Å²) in [6, 6.07) is 0. The lowest BCUT2D eigenvalue weighted by molar-refractivity contribution is -0.220. The molecule has 0 spiro atoms. The van der Waals surface area contributed by atoms with Crippen LogP contribution >= 0.6 is 7.82 Å². The fourth-order valence-corrected chi connectivity index (χ4v) is 7.18. The molecule has 0 heterocycles. The lowest BCUT2D eigenvalue weighted by atomic mass is 9.85. The molecule has 0 saturated heterocycles. The quantitative estimate of drug-likeness (QED) is 0.0152. The summed E-state index contributed by atoms with van der Waals surface area (Å²) in [5.74, 6) is -0.571. The number of aliphatic hydroxyl groups is 5. The molecule has 12 nitrogen and oxygen atoms in total. The molecule has 1 fully saturated rings. The van der Waals surface area contributed by atoms with E-state index < -0.39 is 63.1 Å². The van der Waals surface area contributed by atoms with Crippen LogP contribution in [-0.2, 0) is 27.9 Å². The third-order valence-electron chi connectivity index (χ3n) is 9.77. The Kier molecular flexibility index (Phi) is 34.3. The van der Waals surface area contributed by atoms with Gasteiger partial charge in [-0.15, -0.1) is 0 Å². The summed E-state index contributed by atoms with van der Waals surface area (Å²) in [7, 11) is -5.05. The third kappa shape index (κ3) is 28.9. The number of ether oxygens (including phenoxy) is 2. The van der Waals surface area contributed by atoms with E-state index in [4.69, 9.17) is 18.5 Å². The number of aliphatic hydroxyl groups excluding tert-OH is 5. The molecule has 60 heavy (non-hydrogen) atoms. The lowest BCUT2D eigenvalue weighted by Gasteiger charge is -2.41. The van der Waals surface area contributed by atoms with Crippen LogP contribution in [0, 0.1) is 0 Å². The standard InChI is InChI=1S/C47H79O12P/c1-3-5-7-9-11-13-15-17-19-20-21-22-23-24-26-28-30-32-34-36-41(48)58-40(38-56-37-35-33-31-29-27-25-18-16-14-12-10-8-6-4-2)39-57-60(54,55)59-47-45(52)43(50)42(49)44(51)46(47)53/h5,7,11,13,17,19,21-22,24,26,29-32,40,42-47,49-53H,3-4,6,8-10,12,14-16,18,20,23,25,27-28,33-39H2,1-2H3,(H,54,55)/b7-5-,13-11-,19-17-,22-21-,26-24-,31-29-,32-30-/t40?,42?,43-,44+,45-,46-,47?/m1/s1. The number of carbonyl (C=O) groups is 1. The minimum absolute atomic E-state index is 0.0499. The van der Waals surface area contributed by atoms with Crippen LogP contribution in [0.1, 0.15) is 142 Å². The van der Waals surface area contributed by atoms with Crippen molar-refractivity contribution >= 4 is 13.8 Å². The van der Waals surface area contributed by atoms with Gasteiger partial charge in [0.15, 0.2) is 0 Å². The van der Waals surface area contributed by atoms with Gasteiger partial charge in [-0.05, 0) is 70.6 Å². The molecule has 0 amide bonds. The molecule has 1 aliphatic rings. The summed E-state index contributed by atoms with van der Waals surface area (Å²) < 4.78 is 34.0. The van der Waals surface area contributed by atoms with Gasteiger partial charge in [0.2, 0.25) is 0 Å². The maximum absolute atomic E-state index is 12.8. The Bertz CT molecular complexity index is 1310. The van der Waals surface area contributed by atoms with Crippen molar-refractivity contribution in [2.75, 3.05) is 19.8 Å². The number of hydrogen-bond acceptors (Lipinski definition) is 11. The first-order valence-corrected chi connectivity index (χ1v) is 23.9. The monoisotopic (exact) mass is 867 g/mol. The summed E-state index contributed by atoms with van der Waals surface area (Å²) >= 11 is 0. The van der Waals surface area contributed by atoms with Crippen LogP contribution in [0.5, 0.6) is 0 Å². The van der Waals surface area contributed by atoms with E-state index in [1.807, 2.05) is 12.2 Å². The highest BCUT2D eigenvalue weighted by atomic mass is 31.2. The number of hydrogen-bond donors (Lipinski definition) is 6. The van der Waals surface area contributed by atoms with Gasteiger partial charge in [0.1, 0.15) is 42.7 Å². The van der Waals surface area contributed by atoms with Gasteiger partial charge in [-0.3, -0.25) is 13.8 Å². The molecule has 344 valence electrons. The first kappa shape index (κ1) is 55.5. The normalized spacial score (nSPS) is 23.1. The van der Waals surface area contributed by atoms with Crippen LogP contribution in [-0.4, -0.2) is 98.9 Å². The zero-order chi connectivity index (χ0) is 44.1. The van der Waals surface area contributed by atoms with Gasteiger partial charge in [0.25, 0.3) is 0 Å². The average molecular weight is 867 g/mol. The van der Waals surface area contributed by atoms with Gasteiger partial charge in [-0.25, -0.2) is 4.57 Å². The highest BCUT2D eigenvalue weighted by Gasteiger charge is 2.51. The van der Waals surface area contributed by atoms with Gasteiger partial charge >= 0.3 is 13.8 Å². The molecule has 0 aliphatic heterocycles. The molecule has 6 N–H and O–H groups in total. The van der Waals surface area contributed by atoms with Gasteiger partial charge in [0, 0.05) is 13.0 Å². The highest BCUT2D eigenvalue weighted by molar-refractivity contribution is 7.47. The van der Waals surface area contributed by atoms with Crippen LogP contribution in [0.2, 0.25) is 0 Å². The maximum Gasteiger partial charge on any atom is 0.472 e. The lowest BCUT2D eigenvalue weighted by Crippen LogP contribution is -2.64. The summed E-state index contributed by atoms with van der Waals surface area (Å²) in [4.78, 5) is 23.1. The predicted octanol–water partition coefficient (Wildman–Crippen LogP) is 8.97. The second-order valence-corrected chi connectivity index (χ2v) is 16.6. The Morgan fingerprint density at radius 3 is 1.50 bits per heavy atom. The van der Waals surface area contributed by atoms with Crippen molar-refractivity contribution in [3.63, 3.8) is 0 Å². The van der Waals surface area contributed by atoms with E-state index in [0.29, 0.717) is 25.9 Å². The van der Waals surface area contributed by atoms with Gasteiger partial charge in [-0.2, -0.15) is 0 Å². The topological polar surface area (TPSA) is 192 Å². The number of allylic oxidation sites excluding steroid dienone is 14. The second-order valence-electron chi connectivity index (χ2n) is 15.2. The number of phosphoric ester groups is 1. The van der Waals surface area contributed by atoms with E-state index in [-0.39, 0.29) is 13.0 Å². The molecule has 1 rings (SSSR count). The van der Waals surface area contributed by atoms with Crippen molar-refractivity contribution in [1.29, 1.82) is 0 Å². The van der Waals surface area contributed by atoms with E-state index >= 15 is 0 Å². The first-order chi connectivity index (χ1) is 29.0. The van der Waals surface area contributed by atoms with E-state index in [9.17, 15) is 39.8 Å². The van der Waals surface area contributed by atoms with Crippen molar-refractivity contribution in [3.05, 3.63) is 85.1 Å². The summed E-state index contributed by atoms with van der Waals surface area (Å²) in [5.41, 5.74) is 0. The van der Waals surface area contributed by atoms with E-state index in [1.165, 1.54) is 57.8 Å². The summed E-state index contributed by atoms with van der Waals surface area (Å²) in [5, 5.41) is 50.1. The third-order valence-corrected chi connectivity index (χ3v) is 10.8. The Labute approximate surface area is 361 Å². The molecular weight excluding hydrogens is 787 g/mol. The molecule has 0 aromatic heterocycles. The highest BCUT2D eigenvalue weighted by Crippen LogP contribution is 2.47. The minimum Gasteiger partial charge on any atom is -0.457 e. The Hall–Kier alpha value is -2.48. The second kappa shape index (κ2) is 37.1. The van der Waals surface area contributed by atoms with Crippen molar-refractivity contribution in [2.45, 2.75) is 185 Å². The van der Waals surface area contributed by atoms with E-state index in [2.05, 4.69) is 86.8 Å². The van der Waals surface area contributed by atoms with Gasteiger partial charge < -0.3 is 39.9 Å². The van der Waals surface area contributed by atoms with E-state index in [0.717, 1.165) is 44.9 Å². The zero-order valence-corrected chi connectivity index (χ0v) is 37.4. The van der Waals surface area contributed by atoms with Gasteiger partial charge in [0.05, 0.1) is 13.2 Å². The zero-order valence-electron chi connectivity index (χ0n) is 36.5. The number of carbonyl (C=O) groups excluding carboxylic acids is 1. The van der Waals surface area contributed by atoms with Gasteiger partial charge in [-0.1, -0.05) is 150 Å². The first-order valence-electron chi connectivity index (χ1n) is 22.4. The smallest absolute Gasteiger partial charge is 0.457 e. The summed E-state index contributed by atoms with van der Waals surface area (Å²) in [6.07, 6.45) is 36.8. The molecule has 8 atom stereocenters. The van der Waals surface area contributed by atoms with Crippen molar-refractivity contribution in [2.24, 2.45) is 0 Å². The minimum atomic E-state index is -5.05. The number of rotatable bonds is 36. The maximum atomic E-state index is 12.8. The van der Waals surface area contributed by atoms with Crippen LogP contribution in [0.15, 0.2) is 85.1 Å². The fraction of sp³-hybridized carbons (Fsp3) is 0.681. The SMILES string of the molecule is CC/C=C\C/C=C\C/C=C\C/C=C\C/C=C\C/C=C\CCC(=O)OC(COCCC/C=C\CCCCCCCCCCC)COP(=O)(O)OC1[C@H](O)[C@H](O)C(O)[C@H](O)[C@H]1O. The molecule has 0 radical (unpaired) electrons.